The molecule has 0 aliphatic rings. The van der Waals surface area contributed by atoms with Crippen molar-refractivity contribution in [1.82, 2.24) is 0 Å². The van der Waals surface area contributed by atoms with Crippen LogP contribution in [0.2, 0.25) is 0 Å². The number of rotatable bonds is 5. The van der Waals surface area contributed by atoms with Gasteiger partial charge >= 0.3 is 0 Å². The number of sulfonamides is 1. The van der Waals surface area contributed by atoms with Crippen molar-refractivity contribution in [1.29, 1.82) is 0 Å². The first-order chi connectivity index (χ1) is 9.90. The van der Waals surface area contributed by atoms with Crippen LogP contribution in [-0.4, -0.2) is 26.3 Å². The molecule has 2 rings (SSSR count). The molecule has 2 aromatic rings. The number of aromatic hydroxyl groups is 1. The highest BCUT2D eigenvalue weighted by atomic mass is 32.2. The Bertz CT molecular complexity index is 681. The fraction of sp³-hybridized carbons (Fsp3) is 0.250. The molecule has 2 aromatic carbocycles. The summed E-state index contributed by atoms with van der Waals surface area (Å²) >= 11 is 0. The minimum absolute atomic E-state index is 0.0361. The number of hydrogen-bond acceptors (Lipinski definition) is 3. The zero-order valence-corrected chi connectivity index (χ0v) is 12.9. The van der Waals surface area contributed by atoms with Gasteiger partial charge in [-0.25, -0.2) is 8.42 Å². The first kappa shape index (κ1) is 15.4. The van der Waals surface area contributed by atoms with Crippen molar-refractivity contribution in [2.75, 3.05) is 17.1 Å². The molecule has 1 N–H and O–H groups in total. The van der Waals surface area contributed by atoms with Gasteiger partial charge in [0.1, 0.15) is 5.75 Å². The first-order valence-electron chi connectivity index (χ1n) is 6.71. The Morgan fingerprint density at radius 1 is 1.05 bits per heavy atom. The predicted molar refractivity (Wildman–Crippen MR) is 85.2 cm³/mol. The fourth-order valence-corrected chi connectivity index (χ4v) is 3.62. The van der Waals surface area contributed by atoms with Gasteiger partial charge in [0.2, 0.25) is 10.0 Å². The Balaban J connectivity index is 2.16. The lowest BCUT2D eigenvalue weighted by molar-refractivity contribution is 0.475. The molecular weight excluding hydrogens is 286 g/mol. The standard InChI is InChI=1S/C16H19NO3S/c1-13(14-6-4-3-5-7-14)12-21(19,20)17(2)15-8-10-16(18)11-9-15/h3-11,13,18H,12H2,1-2H3. The Kier molecular flexibility index (Phi) is 4.53. The molecule has 5 heteroatoms. The van der Waals surface area contributed by atoms with E-state index in [4.69, 9.17) is 0 Å². The molecule has 0 aliphatic carbocycles. The zero-order valence-electron chi connectivity index (χ0n) is 12.1. The van der Waals surface area contributed by atoms with Crippen molar-refractivity contribution in [3.63, 3.8) is 0 Å². The molecule has 0 aromatic heterocycles. The highest BCUT2D eigenvalue weighted by Crippen LogP contribution is 2.23. The lowest BCUT2D eigenvalue weighted by Gasteiger charge is -2.22. The second kappa shape index (κ2) is 6.18. The largest absolute Gasteiger partial charge is 0.508 e. The molecule has 1 unspecified atom stereocenters. The van der Waals surface area contributed by atoms with E-state index in [1.54, 1.807) is 12.1 Å². The number of anilines is 1. The summed E-state index contributed by atoms with van der Waals surface area (Å²) in [5, 5.41) is 9.27. The summed E-state index contributed by atoms with van der Waals surface area (Å²) in [6, 6.07) is 15.7. The topological polar surface area (TPSA) is 57.6 Å². The van der Waals surface area contributed by atoms with E-state index < -0.39 is 10.0 Å². The van der Waals surface area contributed by atoms with Crippen LogP contribution in [0.3, 0.4) is 0 Å². The summed E-state index contributed by atoms with van der Waals surface area (Å²) in [4.78, 5) is 0. The third kappa shape index (κ3) is 3.76. The molecule has 0 saturated heterocycles. The van der Waals surface area contributed by atoms with Crippen molar-refractivity contribution in [2.24, 2.45) is 0 Å². The zero-order chi connectivity index (χ0) is 15.5. The molecule has 1 atom stereocenters. The highest BCUT2D eigenvalue weighted by Gasteiger charge is 2.22. The second-order valence-corrected chi connectivity index (χ2v) is 7.12. The van der Waals surface area contributed by atoms with Crippen molar-refractivity contribution >= 4 is 15.7 Å². The molecule has 0 amide bonds. The normalized spacial score (nSPS) is 12.9. The van der Waals surface area contributed by atoms with E-state index in [2.05, 4.69) is 0 Å². The van der Waals surface area contributed by atoms with E-state index in [0.717, 1.165) is 5.56 Å². The van der Waals surface area contributed by atoms with E-state index in [0.29, 0.717) is 5.69 Å². The Labute approximate surface area is 125 Å². The van der Waals surface area contributed by atoms with Crippen LogP contribution in [-0.2, 0) is 10.0 Å². The quantitative estimate of drug-likeness (QED) is 0.924. The molecular formula is C16H19NO3S. The van der Waals surface area contributed by atoms with Gasteiger partial charge in [-0.15, -0.1) is 0 Å². The van der Waals surface area contributed by atoms with Gasteiger partial charge < -0.3 is 5.11 Å². The van der Waals surface area contributed by atoms with Crippen LogP contribution in [0.1, 0.15) is 18.4 Å². The molecule has 4 nitrogen and oxygen atoms in total. The number of nitrogens with zero attached hydrogens (tertiary/aromatic N) is 1. The first-order valence-corrected chi connectivity index (χ1v) is 8.31. The van der Waals surface area contributed by atoms with Gasteiger partial charge in [-0.2, -0.15) is 0 Å². The third-order valence-corrected chi connectivity index (χ3v) is 5.43. The lowest BCUT2D eigenvalue weighted by Crippen LogP contribution is -2.30. The van der Waals surface area contributed by atoms with Crippen LogP contribution in [0.15, 0.2) is 54.6 Å². The van der Waals surface area contributed by atoms with E-state index in [1.165, 1.54) is 23.5 Å². The number of hydrogen-bond donors (Lipinski definition) is 1. The van der Waals surface area contributed by atoms with Crippen LogP contribution in [0.5, 0.6) is 5.75 Å². The molecule has 112 valence electrons. The third-order valence-electron chi connectivity index (χ3n) is 3.46. The van der Waals surface area contributed by atoms with Crippen LogP contribution in [0.4, 0.5) is 5.69 Å². The Morgan fingerprint density at radius 2 is 1.62 bits per heavy atom. The molecule has 0 heterocycles. The highest BCUT2D eigenvalue weighted by molar-refractivity contribution is 7.92. The van der Waals surface area contributed by atoms with Crippen molar-refractivity contribution in [2.45, 2.75) is 12.8 Å². The maximum Gasteiger partial charge on any atom is 0.235 e. The molecule has 0 aliphatic heterocycles. The summed E-state index contributed by atoms with van der Waals surface area (Å²) in [5.41, 5.74) is 1.54. The minimum Gasteiger partial charge on any atom is -0.508 e. The van der Waals surface area contributed by atoms with Gasteiger partial charge in [-0.05, 0) is 35.7 Å². The molecule has 0 saturated carbocycles. The maximum absolute atomic E-state index is 12.5. The number of phenolic OH excluding ortho intramolecular Hbond substituents is 1. The van der Waals surface area contributed by atoms with Gasteiger partial charge in [0, 0.05) is 7.05 Å². The molecule has 0 spiro atoms. The van der Waals surface area contributed by atoms with Gasteiger partial charge in [-0.1, -0.05) is 37.3 Å². The summed E-state index contributed by atoms with van der Waals surface area (Å²) in [6.07, 6.45) is 0. The van der Waals surface area contributed by atoms with E-state index in [9.17, 15) is 13.5 Å². The van der Waals surface area contributed by atoms with Crippen molar-refractivity contribution in [3.05, 3.63) is 60.2 Å². The smallest absolute Gasteiger partial charge is 0.235 e. The monoisotopic (exact) mass is 305 g/mol. The average molecular weight is 305 g/mol. The second-order valence-electron chi connectivity index (χ2n) is 5.07. The van der Waals surface area contributed by atoms with Crippen LogP contribution in [0, 0.1) is 0 Å². The van der Waals surface area contributed by atoms with Crippen LogP contribution >= 0.6 is 0 Å². The fourth-order valence-electron chi connectivity index (χ4n) is 2.13. The van der Waals surface area contributed by atoms with E-state index in [1.807, 2.05) is 37.3 Å². The Morgan fingerprint density at radius 3 is 2.19 bits per heavy atom. The summed E-state index contributed by atoms with van der Waals surface area (Å²) < 4.78 is 26.2. The summed E-state index contributed by atoms with van der Waals surface area (Å²) in [7, 11) is -1.89. The number of benzene rings is 2. The molecule has 0 radical (unpaired) electrons. The van der Waals surface area contributed by atoms with Crippen LogP contribution in [0.25, 0.3) is 0 Å². The molecule has 21 heavy (non-hydrogen) atoms. The van der Waals surface area contributed by atoms with Gasteiger partial charge in [0.15, 0.2) is 0 Å². The minimum atomic E-state index is -3.42. The predicted octanol–water partition coefficient (Wildman–Crippen LogP) is 2.96. The summed E-state index contributed by atoms with van der Waals surface area (Å²) in [5.74, 6) is 0.0620. The maximum atomic E-state index is 12.5. The lowest BCUT2D eigenvalue weighted by atomic mass is 10.0. The number of phenols is 1. The molecule has 0 bridgehead atoms. The van der Waals surface area contributed by atoms with Crippen molar-refractivity contribution in [3.8, 4) is 5.75 Å². The summed E-state index contributed by atoms with van der Waals surface area (Å²) in [6.45, 7) is 1.90. The molecule has 0 fully saturated rings. The van der Waals surface area contributed by atoms with Crippen molar-refractivity contribution < 1.29 is 13.5 Å². The van der Waals surface area contributed by atoms with Gasteiger partial charge in [-0.3, -0.25) is 4.31 Å². The SMILES string of the molecule is CC(CS(=O)(=O)N(C)c1ccc(O)cc1)c1ccccc1. The Hall–Kier alpha value is -2.01. The van der Waals surface area contributed by atoms with Crippen LogP contribution < -0.4 is 4.31 Å². The van der Waals surface area contributed by atoms with E-state index in [-0.39, 0.29) is 17.4 Å². The van der Waals surface area contributed by atoms with E-state index >= 15 is 0 Å². The van der Waals surface area contributed by atoms with Gasteiger partial charge in [0.05, 0.1) is 11.4 Å². The average Bonchev–Trinajstić information content (AvgIpc) is 2.48. The van der Waals surface area contributed by atoms with Gasteiger partial charge in [0.25, 0.3) is 0 Å².